The van der Waals surface area contributed by atoms with E-state index in [1.165, 1.54) is 0 Å². The van der Waals surface area contributed by atoms with Crippen molar-refractivity contribution in [3.63, 3.8) is 0 Å². The minimum Gasteiger partial charge on any atom is -0.378 e. The lowest BCUT2D eigenvalue weighted by atomic mass is 10.1. The van der Waals surface area contributed by atoms with E-state index in [4.69, 9.17) is 4.74 Å². The molecule has 0 saturated carbocycles. The molecule has 5 nitrogen and oxygen atoms in total. The van der Waals surface area contributed by atoms with Crippen LogP contribution in [0.5, 0.6) is 0 Å². The third kappa shape index (κ3) is 3.57. The van der Waals surface area contributed by atoms with Gasteiger partial charge in [-0.2, -0.15) is 0 Å². The van der Waals surface area contributed by atoms with Crippen LogP contribution < -0.4 is 9.21 Å². The second-order valence-corrected chi connectivity index (χ2v) is 8.80. The summed E-state index contributed by atoms with van der Waals surface area (Å²) < 4.78 is 32.9. The molecule has 0 amide bonds. The van der Waals surface area contributed by atoms with Crippen LogP contribution in [0.3, 0.4) is 0 Å². The lowest BCUT2D eigenvalue weighted by molar-refractivity contribution is 0.122. The summed E-state index contributed by atoms with van der Waals surface area (Å²) >= 11 is 0. The summed E-state index contributed by atoms with van der Waals surface area (Å²) in [5.41, 5.74) is 4.10. The number of hydrogen-bond acceptors (Lipinski definition) is 4. The molecule has 1 fully saturated rings. The van der Waals surface area contributed by atoms with Gasteiger partial charge in [0.1, 0.15) is 0 Å². The van der Waals surface area contributed by atoms with Gasteiger partial charge < -0.3 is 9.64 Å². The maximum absolute atomic E-state index is 12.9. The SMILES string of the molecule is O=S(=O)(CCc1ccccc1)N1CCc2ccc(N3CCOCC3)cc21. The van der Waals surface area contributed by atoms with Crippen LogP contribution in [0.2, 0.25) is 0 Å². The molecule has 0 atom stereocenters. The molecule has 0 unspecified atom stereocenters. The lowest BCUT2D eigenvalue weighted by Crippen LogP contribution is -2.36. The summed E-state index contributed by atoms with van der Waals surface area (Å²) in [6.07, 6.45) is 1.32. The molecule has 2 aliphatic heterocycles. The Morgan fingerprint density at radius 2 is 1.73 bits per heavy atom. The van der Waals surface area contributed by atoms with E-state index in [0.29, 0.717) is 13.0 Å². The molecular formula is C20H24N2O3S. The molecule has 138 valence electrons. The zero-order valence-electron chi connectivity index (χ0n) is 14.8. The second kappa shape index (κ2) is 7.29. The predicted molar refractivity (Wildman–Crippen MR) is 104 cm³/mol. The zero-order chi connectivity index (χ0) is 18.0. The van der Waals surface area contributed by atoms with Crippen molar-refractivity contribution in [2.45, 2.75) is 12.8 Å². The number of ether oxygens (including phenoxy) is 1. The van der Waals surface area contributed by atoms with Crippen LogP contribution in [0, 0.1) is 0 Å². The Balaban J connectivity index is 1.53. The van der Waals surface area contributed by atoms with Crippen molar-refractivity contribution < 1.29 is 13.2 Å². The fraction of sp³-hybridized carbons (Fsp3) is 0.400. The number of aryl methyl sites for hydroxylation is 1. The number of anilines is 2. The molecule has 1 saturated heterocycles. The van der Waals surface area contributed by atoms with Gasteiger partial charge in [-0.1, -0.05) is 36.4 Å². The molecular weight excluding hydrogens is 348 g/mol. The average Bonchev–Trinajstić information content (AvgIpc) is 3.12. The van der Waals surface area contributed by atoms with E-state index in [-0.39, 0.29) is 5.75 Å². The number of fused-ring (bicyclic) bond motifs is 1. The van der Waals surface area contributed by atoms with Crippen molar-refractivity contribution in [3.05, 3.63) is 59.7 Å². The van der Waals surface area contributed by atoms with Gasteiger partial charge >= 0.3 is 0 Å². The van der Waals surface area contributed by atoms with E-state index >= 15 is 0 Å². The van der Waals surface area contributed by atoms with Gasteiger partial charge in [0.05, 0.1) is 24.7 Å². The first-order valence-electron chi connectivity index (χ1n) is 9.13. The first-order valence-corrected chi connectivity index (χ1v) is 10.7. The summed E-state index contributed by atoms with van der Waals surface area (Å²) in [7, 11) is -3.33. The minimum atomic E-state index is -3.33. The van der Waals surface area contributed by atoms with Gasteiger partial charge in [-0.3, -0.25) is 4.31 Å². The fourth-order valence-electron chi connectivity index (χ4n) is 3.65. The van der Waals surface area contributed by atoms with Gasteiger partial charge in [0.25, 0.3) is 0 Å². The van der Waals surface area contributed by atoms with Crippen molar-refractivity contribution in [1.82, 2.24) is 0 Å². The highest BCUT2D eigenvalue weighted by Gasteiger charge is 2.30. The molecule has 2 aromatic rings. The highest BCUT2D eigenvalue weighted by atomic mass is 32.2. The Morgan fingerprint density at radius 1 is 0.962 bits per heavy atom. The first kappa shape index (κ1) is 17.4. The highest BCUT2D eigenvalue weighted by molar-refractivity contribution is 7.92. The van der Waals surface area contributed by atoms with Gasteiger partial charge in [-0.25, -0.2) is 8.42 Å². The Morgan fingerprint density at radius 3 is 2.50 bits per heavy atom. The molecule has 0 N–H and O–H groups in total. The molecule has 26 heavy (non-hydrogen) atoms. The van der Waals surface area contributed by atoms with Gasteiger partial charge in [0.2, 0.25) is 10.0 Å². The molecule has 0 spiro atoms. The van der Waals surface area contributed by atoms with Gasteiger partial charge in [0, 0.05) is 25.3 Å². The van der Waals surface area contributed by atoms with Gasteiger partial charge in [-0.05, 0) is 36.1 Å². The predicted octanol–water partition coefficient (Wildman–Crippen LogP) is 2.46. The van der Waals surface area contributed by atoms with Crippen LogP contribution in [0.4, 0.5) is 11.4 Å². The molecule has 0 aliphatic carbocycles. The van der Waals surface area contributed by atoms with E-state index < -0.39 is 10.0 Å². The standard InChI is InChI=1S/C20H24N2O3S/c23-26(24,15-9-17-4-2-1-3-5-17)22-10-8-18-6-7-19(16-20(18)22)21-11-13-25-14-12-21/h1-7,16H,8-15H2. The van der Waals surface area contributed by atoms with Crippen LogP contribution in [0.15, 0.2) is 48.5 Å². The topological polar surface area (TPSA) is 49.9 Å². The van der Waals surface area contributed by atoms with Crippen molar-refractivity contribution in [3.8, 4) is 0 Å². The zero-order valence-corrected chi connectivity index (χ0v) is 15.6. The molecule has 0 radical (unpaired) electrons. The Hall–Kier alpha value is -2.05. The number of sulfonamides is 1. The molecule has 0 bridgehead atoms. The minimum absolute atomic E-state index is 0.137. The van der Waals surface area contributed by atoms with Crippen LogP contribution in [-0.4, -0.2) is 47.0 Å². The quantitative estimate of drug-likeness (QED) is 0.809. The highest BCUT2D eigenvalue weighted by Crippen LogP contribution is 2.34. The molecule has 0 aromatic heterocycles. The third-order valence-electron chi connectivity index (χ3n) is 5.13. The van der Waals surface area contributed by atoms with Crippen molar-refractivity contribution >= 4 is 21.4 Å². The Kier molecular flexibility index (Phi) is 4.87. The Bertz CT molecular complexity index is 862. The smallest absolute Gasteiger partial charge is 0.235 e. The average molecular weight is 372 g/mol. The van der Waals surface area contributed by atoms with Crippen LogP contribution >= 0.6 is 0 Å². The molecule has 4 rings (SSSR count). The number of benzene rings is 2. The Labute approximate surface area is 155 Å². The molecule has 6 heteroatoms. The summed E-state index contributed by atoms with van der Waals surface area (Å²) in [4.78, 5) is 2.26. The van der Waals surface area contributed by atoms with E-state index in [2.05, 4.69) is 17.0 Å². The molecule has 2 aromatic carbocycles. The number of hydrogen-bond donors (Lipinski definition) is 0. The maximum atomic E-state index is 12.9. The third-order valence-corrected chi connectivity index (χ3v) is 6.90. The number of rotatable bonds is 5. The van der Waals surface area contributed by atoms with Crippen LogP contribution in [0.1, 0.15) is 11.1 Å². The van der Waals surface area contributed by atoms with Crippen molar-refractivity contribution in [2.24, 2.45) is 0 Å². The largest absolute Gasteiger partial charge is 0.378 e. The molecule has 2 aliphatic rings. The van der Waals surface area contributed by atoms with Crippen LogP contribution in [0.25, 0.3) is 0 Å². The summed E-state index contributed by atoms with van der Waals surface area (Å²) in [5.74, 6) is 0.137. The van der Waals surface area contributed by atoms with Crippen molar-refractivity contribution in [2.75, 3.05) is 47.8 Å². The number of morpholine rings is 1. The van der Waals surface area contributed by atoms with E-state index in [1.807, 2.05) is 36.4 Å². The summed E-state index contributed by atoms with van der Waals surface area (Å²) in [6, 6.07) is 16.0. The summed E-state index contributed by atoms with van der Waals surface area (Å²) in [6.45, 7) is 3.67. The van der Waals surface area contributed by atoms with Gasteiger partial charge in [-0.15, -0.1) is 0 Å². The first-order chi connectivity index (χ1) is 12.6. The normalized spacial score (nSPS) is 17.4. The van der Waals surface area contributed by atoms with Crippen LogP contribution in [-0.2, 0) is 27.6 Å². The van der Waals surface area contributed by atoms with E-state index in [9.17, 15) is 8.42 Å². The molecule has 2 heterocycles. The van der Waals surface area contributed by atoms with E-state index in [1.54, 1.807) is 4.31 Å². The van der Waals surface area contributed by atoms with E-state index in [0.717, 1.165) is 55.2 Å². The lowest BCUT2D eigenvalue weighted by Gasteiger charge is -2.30. The van der Waals surface area contributed by atoms with Gasteiger partial charge in [0.15, 0.2) is 0 Å². The monoisotopic (exact) mass is 372 g/mol. The summed E-state index contributed by atoms with van der Waals surface area (Å²) in [5, 5.41) is 0. The maximum Gasteiger partial charge on any atom is 0.235 e. The fourth-order valence-corrected chi connectivity index (χ4v) is 5.20. The number of nitrogens with zero attached hydrogens (tertiary/aromatic N) is 2. The second-order valence-electron chi connectivity index (χ2n) is 6.79. The van der Waals surface area contributed by atoms with Crippen molar-refractivity contribution in [1.29, 1.82) is 0 Å².